The predicted molar refractivity (Wildman–Crippen MR) is 62.8 cm³/mol. The van der Waals surface area contributed by atoms with Crippen molar-refractivity contribution in [3.63, 3.8) is 0 Å². The molecule has 0 amide bonds. The first-order chi connectivity index (χ1) is 7.43. The minimum atomic E-state index is 0.866. The topological polar surface area (TPSA) is 29.9 Å². The molecule has 0 saturated carbocycles. The Balaban J connectivity index is 2.07. The second-order valence-corrected chi connectivity index (χ2v) is 3.88. The lowest BCUT2D eigenvalue weighted by atomic mass is 10.1. The molecule has 0 unspecified atom stereocenters. The average Bonchev–Trinajstić information content (AvgIpc) is 2.74. The van der Waals surface area contributed by atoms with E-state index >= 15 is 0 Å². The first-order valence-corrected chi connectivity index (χ1v) is 5.34. The number of nitrogens with zero attached hydrogens (tertiary/aromatic N) is 1. The molecule has 0 fully saturated rings. The van der Waals surface area contributed by atoms with Crippen LogP contribution in [0.2, 0.25) is 0 Å². The van der Waals surface area contributed by atoms with Crippen molar-refractivity contribution in [3.05, 3.63) is 42.1 Å². The molecule has 1 radical (unpaired) electrons. The summed E-state index contributed by atoms with van der Waals surface area (Å²) in [4.78, 5) is 3.46. The van der Waals surface area contributed by atoms with Gasteiger partial charge in [0.1, 0.15) is 0 Å². The number of H-pyrrole nitrogens is 1. The van der Waals surface area contributed by atoms with Gasteiger partial charge in [-0.05, 0) is 29.5 Å². The van der Waals surface area contributed by atoms with Crippen molar-refractivity contribution in [1.82, 2.24) is 10.3 Å². The highest BCUT2D eigenvalue weighted by molar-refractivity contribution is 5.84. The number of para-hydroxylation sites is 1. The molecule has 0 saturated heterocycles. The van der Waals surface area contributed by atoms with Crippen molar-refractivity contribution in [3.8, 4) is 0 Å². The highest BCUT2D eigenvalue weighted by Crippen LogP contribution is 2.23. The first kappa shape index (κ1) is 8.74. The summed E-state index contributed by atoms with van der Waals surface area (Å²) in [5.74, 6) is 0. The fourth-order valence-electron chi connectivity index (χ4n) is 2.06. The van der Waals surface area contributed by atoms with Gasteiger partial charge < -0.3 is 4.98 Å². The Hall–Kier alpha value is -1.54. The van der Waals surface area contributed by atoms with Crippen LogP contribution in [0.1, 0.15) is 12.1 Å². The van der Waals surface area contributed by atoms with Gasteiger partial charge in [0.2, 0.25) is 0 Å². The quantitative estimate of drug-likeness (QED) is 0.728. The molecule has 2 nitrogen and oxygen atoms in total. The second kappa shape index (κ2) is 3.55. The van der Waals surface area contributed by atoms with Crippen molar-refractivity contribution in [1.29, 1.82) is 0 Å². The molecule has 0 atom stereocenters. The maximum atomic E-state index is 4.32. The number of fused-ring (bicyclic) bond motifs is 1. The third-order valence-corrected chi connectivity index (χ3v) is 2.88. The van der Waals surface area contributed by atoms with Gasteiger partial charge >= 0.3 is 0 Å². The Bertz CT molecular complexity index is 475. The molecule has 1 aromatic carbocycles. The summed E-state index contributed by atoms with van der Waals surface area (Å²) in [6, 6.07) is 10.6. The number of hydrogen-bond donors (Lipinski definition) is 1. The van der Waals surface area contributed by atoms with Crippen LogP contribution in [0.25, 0.3) is 16.5 Å². The highest BCUT2D eigenvalue weighted by Gasteiger charge is 2.08. The Kier molecular flexibility index (Phi) is 2.07. The van der Waals surface area contributed by atoms with Crippen molar-refractivity contribution >= 4 is 16.5 Å². The predicted octanol–water partition coefficient (Wildman–Crippen LogP) is 2.56. The van der Waals surface area contributed by atoms with Crippen LogP contribution in [0.3, 0.4) is 0 Å². The van der Waals surface area contributed by atoms with E-state index in [0.29, 0.717) is 0 Å². The molecular formula is C13H13N2. The SMILES string of the molecule is C1=C(c2cc3ccccc3[nH]2)CC[N]C1. The van der Waals surface area contributed by atoms with E-state index in [1.165, 1.54) is 22.2 Å². The zero-order chi connectivity index (χ0) is 10.1. The normalized spacial score (nSPS) is 16.7. The maximum absolute atomic E-state index is 4.32. The van der Waals surface area contributed by atoms with E-state index < -0.39 is 0 Å². The van der Waals surface area contributed by atoms with E-state index in [9.17, 15) is 0 Å². The van der Waals surface area contributed by atoms with Gasteiger partial charge in [-0.15, -0.1) is 0 Å². The molecule has 75 valence electrons. The van der Waals surface area contributed by atoms with Crippen LogP contribution < -0.4 is 5.32 Å². The number of benzene rings is 1. The van der Waals surface area contributed by atoms with E-state index in [1.807, 2.05) is 0 Å². The van der Waals surface area contributed by atoms with E-state index in [0.717, 1.165) is 19.5 Å². The average molecular weight is 197 g/mol. The van der Waals surface area contributed by atoms with Crippen molar-refractivity contribution in [2.75, 3.05) is 13.1 Å². The summed E-state index contributed by atoms with van der Waals surface area (Å²) in [5.41, 5.74) is 3.88. The molecule has 1 aromatic heterocycles. The lowest BCUT2D eigenvalue weighted by Crippen LogP contribution is -2.12. The largest absolute Gasteiger partial charge is 0.355 e. The zero-order valence-electron chi connectivity index (χ0n) is 8.53. The van der Waals surface area contributed by atoms with Crippen LogP contribution >= 0.6 is 0 Å². The lowest BCUT2D eigenvalue weighted by molar-refractivity contribution is 0.722. The van der Waals surface area contributed by atoms with Gasteiger partial charge in [0, 0.05) is 24.3 Å². The Morgan fingerprint density at radius 1 is 1.20 bits per heavy atom. The minimum absolute atomic E-state index is 0.866. The van der Waals surface area contributed by atoms with Gasteiger partial charge in [-0.3, -0.25) is 0 Å². The van der Waals surface area contributed by atoms with Crippen LogP contribution in [0.5, 0.6) is 0 Å². The fraction of sp³-hybridized carbons (Fsp3) is 0.231. The molecule has 2 heteroatoms. The van der Waals surface area contributed by atoms with Gasteiger partial charge in [-0.2, -0.15) is 0 Å². The third kappa shape index (κ3) is 1.57. The molecule has 1 aliphatic rings. The van der Waals surface area contributed by atoms with E-state index in [2.05, 4.69) is 46.7 Å². The number of rotatable bonds is 1. The van der Waals surface area contributed by atoms with Gasteiger partial charge in [0.15, 0.2) is 0 Å². The molecule has 1 N–H and O–H groups in total. The monoisotopic (exact) mass is 197 g/mol. The molecule has 0 aliphatic carbocycles. The standard InChI is InChI=1S/C13H13N2/c1-2-4-12-11(3-1)9-13(15-12)10-5-7-14-8-6-10/h1-5,9,15H,6-8H2. The van der Waals surface area contributed by atoms with Gasteiger partial charge in [0.25, 0.3) is 0 Å². The number of hydrogen-bond acceptors (Lipinski definition) is 0. The number of aromatic nitrogens is 1. The summed E-state index contributed by atoms with van der Waals surface area (Å²) < 4.78 is 0. The zero-order valence-corrected chi connectivity index (χ0v) is 8.53. The van der Waals surface area contributed by atoms with Crippen LogP contribution in [0.4, 0.5) is 0 Å². The number of nitrogens with one attached hydrogen (secondary N) is 1. The molecule has 0 spiro atoms. The Morgan fingerprint density at radius 3 is 2.93 bits per heavy atom. The number of aromatic amines is 1. The van der Waals surface area contributed by atoms with Gasteiger partial charge in [0.05, 0.1) is 0 Å². The highest BCUT2D eigenvalue weighted by atomic mass is 14.9. The van der Waals surface area contributed by atoms with Gasteiger partial charge in [-0.1, -0.05) is 24.3 Å². The smallest absolute Gasteiger partial charge is 0.0458 e. The lowest BCUT2D eigenvalue weighted by Gasteiger charge is -2.10. The summed E-state index contributed by atoms with van der Waals surface area (Å²) >= 11 is 0. The second-order valence-electron chi connectivity index (χ2n) is 3.88. The van der Waals surface area contributed by atoms with Crippen LogP contribution in [-0.2, 0) is 0 Å². The summed E-state index contributed by atoms with van der Waals surface area (Å²) in [6.07, 6.45) is 3.28. The van der Waals surface area contributed by atoms with E-state index in [-0.39, 0.29) is 0 Å². The Labute approximate surface area is 89.0 Å². The van der Waals surface area contributed by atoms with Crippen LogP contribution in [-0.4, -0.2) is 18.1 Å². The molecule has 1 aliphatic heterocycles. The fourth-order valence-corrected chi connectivity index (χ4v) is 2.06. The molecule has 0 bridgehead atoms. The summed E-state index contributed by atoms with van der Waals surface area (Å²) in [6.45, 7) is 1.83. The molecule has 2 heterocycles. The van der Waals surface area contributed by atoms with E-state index in [1.54, 1.807) is 0 Å². The third-order valence-electron chi connectivity index (χ3n) is 2.88. The first-order valence-electron chi connectivity index (χ1n) is 5.34. The Morgan fingerprint density at radius 2 is 2.13 bits per heavy atom. The van der Waals surface area contributed by atoms with E-state index in [4.69, 9.17) is 0 Å². The van der Waals surface area contributed by atoms with Gasteiger partial charge in [-0.25, -0.2) is 5.32 Å². The van der Waals surface area contributed by atoms with Crippen molar-refractivity contribution in [2.24, 2.45) is 0 Å². The molecule has 15 heavy (non-hydrogen) atoms. The van der Waals surface area contributed by atoms with Crippen LogP contribution in [0.15, 0.2) is 36.4 Å². The molecule has 2 aromatic rings. The summed E-state index contributed by atoms with van der Waals surface area (Å²) in [5, 5.41) is 5.60. The summed E-state index contributed by atoms with van der Waals surface area (Å²) in [7, 11) is 0. The minimum Gasteiger partial charge on any atom is -0.355 e. The maximum Gasteiger partial charge on any atom is 0.0458 e. The molecule has 3 rings (SSSR count). The molecular weight excluding hydrogens is 184 g/mol. The van der Waals surface area contributed by atoms with Crippen LogP contribution in [0, 0.1) is 0 Å². The van der Waals surface area contributed by atoms with Crippen molar-refractivity contribution in [2.45, 2.75) is 6.42 Å². The van der Waals surface area contributed by atoms with Crippen molar-refractivity contribution < 1.29 is 0 Å².